The molecule has 12 heteroatoms. The molecule has 0 saturated heterocycles. The van der Waals surface area contributed by atoms with Crippen LogP contribution in [0.4, 0.5) is 10.8 Å². The van der Waals surface area contributed by atoms with Crippen LogP contribution in [0.2, 0.25) is 0 Å². The zero-order valence-corrected chi connectivity index (χ0v) is 20.3. The molecule has 2 aromatic heterocycles. The molecule has 1 atom stereocenters. The summed E-state index contributed by atoms with van der Waals surface area (Å²) in [7, 11) is -3.81. The lowest BCUT2D eigenvalue weighted by Crippen LogP contribution is -2.22. The number of hydrogen-bond donors (Lipinski definition) is 2. The van der Waals surface area contributed by atoms with Gasteiger partial charge in [-0.1, -0.05) is 23.1 Å². The van der Waals surface area contributed by atoms with Gasteiger partial charge in [-0.3, -0.25) is 9.52 Å². The molecule has 1 aliphatic rings. The van der Waals surface area contributed by atoms with Crippen molar-refractivity contribution in [3.63, 3.8) is 0 Å². The highest BCUT2D eigenvalue weighted by Crippen LogP contribution is 2.30. The van der Waals surface area contributed by atoms with Gasteiger partial charge >= 0.3 is 0 Å². The Balaban J connectivity index is 1.41. The molecule has 4 rings (SSSR count). The highest BCUT2D eigenvalue weighted by atomic mass is 32.2. The van der Waals surface area contributed by atoms with E-state index in [1.165, 1.54) is 36.0 Å². The molecular formula is C21H20N6O3S3. The Morgan fingerprint density at radius 2 is 2.00 bits per heavy atom. The van der Waals surface area contributed by atoms with E-state index in [-0.39, 0.29) is 15.9 Å². The monoisotopic (exact) mass is 500 g/mol. The Bertz CT molecular complexity index is 1350. The van der Waals surface area contributed by atoms with Crippen molar-refractivity contribution < 1.29 is 13.2 Å². The van der Waals surface area contributed by atoms with Crippen LogP contribution < -0.4 is 10.0 Å². The van der Waals surface area contributed by atoms with E-state index in [2.05, 4.69) is 31.3 Å². The predicted molar refractivity (Wildman–Crippen MR) is 127 cm³/mol. The number of hydrogen-bond acceptors (Lipinski definition) is 9. The minimum atomic E-state index is -3.81. The minimum absolute atomic E-state index is 0.0387. The second kappa shape index (κ2) is 9.46. The number of anilines is 2. The molecule has 1 aromatic carbocycles. The average molecular weight is 501 g/mol. The van der Waals surface area contributed by atoms with Gasteiger partial charge in [0.15, 0.2) is 0 Å². The zero-order chi connectivity index (χ0) is 23.6. The Morgan fingerprint density at radius 3 is 2.67 bits per heavy atom. The Hall–Kier alpha value is -3.01. The quantitative estimate of drug-likeness (QED) is 0.470. The number of carbonyl (C=O) groups is 1. The standard InChI is InChI=1S/C21H20N6O3S3/c1-12(31-20-15(11-22)10-14-4-3-5-18(14)24-20)19(28)23-16-6-8-17(9-7-16)33(29,30)27-21-26-25-13(2)32-21/h6-10,12H,3-5H2,1-2H3,(H,23,28)(H,26,27). The number of nitriles is 1. The normalized spacial score (nSPS) is 13.7. The second-order valence-electron chi connectivity index (χ2n) is 7.42. The van der Waals surface area contributed by atoms with E-state index in [9.17, 15) is 18.5 Å². The minimum Gasteiger partial charge on any atom is -0.325 e. The number of carbonyl (C=O) groups excluding carboxylic acids is 1. The van der Waals surface area contributed by atoms with Crippen molar-refractivity contribution in [1.29, 1.82) is 5.26 Å². The molecule has 9 nitrogen and oxygen atoms in total. The number of nitrogens with zero attached hydrogens (tertiary/aromatic N) is 4. The smallest absolute Gasteiger partial charge is 0.263 e. The third-order valence-electron chi connectivity index (χ3n) is 4.97. The van der Waals surface area contributed by atoms with Gasteiger partial charge in [-0.25, -0.2) is 13.4 Å². The molecular weight excluding hydrogens is 480 g/mol. The predicted octanol–water partition coefficient (Wildman–Crippen LogP) is 3.52. The molecule has 2 heterocycles. The van der Waals surface area contributed by atoms with E-state index in [0.29, 0.717) is 21.3 Å². The molecule has 0 bridgehead atoms. The second-order valence-corrected chi connectivity index (χ2v) is 11.6. The van der Waals surface area contributed by atoms with Crippen molar-refractivity contribution in [2.45, 2.75) is 48.3 Å². The molecule has 2 N–H and O–H groups in total. The third-order valence-corrected chi connectivity index (χ3v) is 8.31. The van der Waals surface area contributed by atoms with Crippen LogP contribution in [0.5, 0.6) is 0 Å². The van der Waals surface area contributed by atoms with E-state index >= 15 is 0 Å². The number of sulfonamides is 1. The van der Waals surface area contributed by atoms with Gasteiger partial charge in [0.05, 0.1) is 15.7 Å². The van der Waals surface area contributed by atoms with Crippen LogP contribution in [0.3, 0.4) is 0 Å². The van der Waals surface area contributed by atoms with Gasteiger partial charge in [-0.05, 0) is 69.0 Å². The van der Waals surface area contributed by atoms with Crippen LogP contribution in [-0.2, 0) is 27.7 Å². The number of rotatable bonds is 7. The van der Waals surface area contributed by atoms with Crippen LogP contribution in [0, 0.1) is 18.3 Å². The van der Waals surface area contributed by atoms with E-state index in [1.54, 1.807) is 13.8 Å². The van der Waals surface area contributed by atoms with Gasteiger partial charge in [0.1, 0.15) is 16.1 Å². The summed E-state index contributed by atoms with van der Waals surface area (Å²) in [6.07, 6.45) is 2.84. The summed E-state index contributed by atoms with van der Waals surface area (Å²) in [5.41, 5.74) is 3.05. The van der Waals surface area contributed by atoms with Gasteiger partial charge in [0, 0.05) is 11.4 Å². The first-order valence-electron chi connectivity index (χ1n) is 10.1. The SMILES string of the molecule is Cc1nnc(NS(=O)(=O)c2ccc(NC(=O)C(C)Sc3nc4c(cc3C#N)CCC4)cc2)s1. The van der Waals surface area contributed by atoms with Crippen LogP contribution in [0.15, 0.2) is 40.3 Å². The number of benzene rings is 1. The first-order valence-corrected chi connectivity index (χ1v) is 13.3. The highest BCUT2D eigenvalue weighted by molar-refractivity contribution is 8.00. The van der Waals surface area contributed by atoms with Gasteiger partial charge in [-0.15, -0.1) is 10.2 Å². The number of pyridine rings is 1. The molecule has 0 aliphatic heterocycles. The Kier molecular flexibility index (Phi) is 6.64. The lowest BCUT2D eigenvalue weighted by atomic mass is 10.2. The molecule has 0 fully saturated rings. The number of aryl methyl sites for hydroxylation is 3. The summed E-state index contributed by atoms with van der Waals surface area (Å²) in [5, 5.41) is 20.7. The molecule has 3 aromatic rings. The highest BCUT2D eigenvalue weighted by Gasteiger charge is 2.22. The molecule has 0 radical (unpaired) electrons. The van der Waals surface area contributed by atoms with Crippen molar-refractivity contribution in [2.75, 3.05) is 10.0 Å². The van der Waals surface area contributed by atoms with Gasteiger partial charge in [0.2, 0.25) is 11.0 Å². The largest absolute Gasteiger partial charge is 0.325 e. The van der Waals surface area contributed by atoms with Gasteiger partial charge in [-0.2, -0.15) is 5.26 Å². The molecule has 0 saturated carbocycles. The molecule has 1 aliphatic carbocycles. The molecule has 170 valence electrons. The summed E-state index contributed by atoms with van der Waals surface area (Å²) in [4.78, 5) is 17.3. The van der Waals surface area contributed by atoms with Crippen LogP contribution >= 0.6 is 23.1 Å². The van der Waals surface area contributed by atoms with E-state index in [0.717, 1.165) is 41.9 Å². The lowest BCUT2D eigenvalue weighted by molar-refractivity contribution is -0.115. The molecule has 1 unspecified atom stereocenters. The maximum absolute atomic E-state index is 12.7. The average Bonchev–Trinajstić information content (AvgIpc) is 3.41. The fraction of sp³-hybridized carbons (Fsp3) is 0.286. The maximum atomic E-state index is 12.7. The topological polar surface area (TPSA) is 138 Å². The number of fused-ring (bicyclic) bond motifs is 1. The fourth-order valence-corrected chi connectivity index (χ4v) is 6.03. The molecule has 33 heavy (non-hydrogen) atoms. The summed E-state index contributed by atoms with van der Waals surface area (Å²) >= 11 is 2.37. The lowest BCUT2D eigenvalue weighted by Gasteiger charge is -2.13. The van der Waals surface area contributed by atoms with E-state index in [4.69, 9.17) is 0 Å². The Morgan fingerprint density at radius 1 is 1.24 bits per heavy atom. The number of nitrogens with one attached hydrogen (secondary N) is 2. The summed E-state index contributed by atoms with van der Waals surface area (Å²) in [5.74, 6) is -0.274. The van der Waals surface area contributed by atoms with Crippen LogP contribution in [0.25, 0.3) is 0 Å². The van der Waals surface area contributed by atoms with Crippen molar-refractivity contribution in [2.24, 2.45) is 0 Å². The van der Waals surface area contributed by atoms with Crippen LogP contribution in [0.1, 0.15) is 35.2 Å². The van der Waals surface area contributed by atoms with Crippen LogP contribution in [-0.4, -0.2) is 34.8 Å². The van der Waals surface area contributed by atoms with Crippen molar-refractivity contribution >= 4 is 49.8 Å². The van der Waals surface area contributed by atoms with Gasteiger partial charge < -0.3 is 5.32 Å². The number of aromatic nitrogens is 3. The molecule has 0 spiro atoms. The summed E-state index contributed by atoms with van der Waals surface area (Å²) in [6, 6.07) is 9.89. The summed E-state index contributed by atoms with van der Waals surface area (Å²) < 4.78 is 27.4. The van der Waals surface area contributed by atoms with Crippen molar-refractivity contribution in [3.05, 3.63) is 52.2 Å². The fourth-order valence-electron chi connectivity index (χ4n) is 3.32. The first-order chi connectivity index (χ1) is 15.7. The number of thioether (sulfide) groups is 1. The van der Waals surface area contributed by atoms with Crippen molar-refractivity contribution in [3.8, 4) is 6.07 Å². The van der Waals surface area contributed by atoms with Gasteiger partial charge in [0.25, 0.3) is 10.0 Å². The van der Waals surface area contributed by atoms with E-state index in [1.807, 2.05) is 6.07 Å². The zero-order valence-electron chi connectivity index (χ0n) is 17.8. The molecule has 1 amide bonds. The Labute approximate surface area is 199 Å². The maximum Gasteiger partial charge on any atom is 0.263 e. The van der Waals surface area contributed by atoms with E-state index < -0.39 is 15.3 Å². The first kappa shape index (κ1) is 23.2. The summed E-state index contributed by atoms with van der Waals surface area (Å²) in [6.45, 7) is 3.47. The van der Waals surface area contributed by atoms with Crippen molar-refractivity contribution in [1.82, 2.24) is 15.2 Å². The third kappa shape index (κ3) is 5.32. The number of amides is 1.